The van der Waals surface area contributed by atoms with E-state index in [2.05, 4.69) is 9.97 Å². The van der Waals surface area contributed by atoms with Crippen molar-refractivity contribution in [1.82, 2.24) is 9.97 Å². The molecular weight excluding hydrogens is 124 g/mol. The van der Waals surface area contributed by atoms with Crippen LogP contribution in [-0.2, 0) is 0 Å². The molecule has 50 valence electrons. The summed E-state index contributed by atoms with van der Waals surface area (Å²) >= 11 is 0. The second kappa shape index (κ2) is 1.84. The zero-order valence-electron chi connectivity index (χ0n) is 6.68. The van der Waals surface area contributed by atoms with Crippen LogP contribution in [0.5, 0.6) is 0 Å². The summed E-state index contributed by atoms with van der Waals surface area (Å²) in [6.07, 6.45) is 3.95. The molecule has 10 heavy (non-hydrogen) atoms. The molecule has 0 bridgehead atoms. The zero-order chi connectivity index (χ0) is 7.84. The van der Waals surface area contributed by atoms with E-state index in [1.807, 2.05) is 13.1 Å². The number of nitrogens with zero attached hydrogens (tertiary/aromatic N) is 1. The van der Waals surface area contributed by atoms with E-state index in [4.69, 9.17) is 1.37 Å². The summed E-state index contributed by atoms with van der Waals surface area (Å²) in [4.78, 5) is 6.96. The normalized spacial score (nSPS) is 11.9. The van der Waals surface area contributed by atoms with Gasteiger partial charge in [0.05, 0.1) is 1.37 Å². The number of nitrogens with one attached hydrogen (secondary N) is 1. The Morgan fingerprint density at radius 2 is 2.60 bits per heavy atom. The Morgan fingerprint density at radius 3 is 3.50 bits per heavy atom. The van der Waals surface area contributed by atoms with E-state index in [-0.39, 0.29) is 0 Å². The predicted octanol–water partition coefficient (Wildman–Crippen LogP) is 1.87. The standard InChI is InChI=1S/C8H8N2/c1-6-4-10-8-2-3-9-5-7(6)8/h2-5,10H,1H3/i3D. The molecule has 0 atom stereocenters. The highest BCUT2D eigenvalue weighted by molar-refractivity contribution is 5.81. The molecule has 0 aliphatic heterocycles. The van der Waals surface area contributed by atoms with Gasteiger partial charge in [0.1, 0.15) is 0 Å². The molecule has 0 amide bonds. The fourth-order valence-corrected chi connectivity index (χ4v) is 1.05. The SMILES string of the molecule is [2H]c1cc2[nH]cc(C)c2cn1. The topological polar surface area (TPSA) is 28.7 Å². The third-order valence-corrected chi connectivity index (χ3v) is 1.64. The predicted molar refractivity (Wildman–Crippen MR) is 40.8 cm³/mol. The van der Waals surface area contributed by atoms with E-state index in [0.29, 0.717) is 6.17 Å². The van der Waals surface area contributed by atoms with E-state index in [1.54, 1.807) is 12.3 Å². The van der Waals surface area contributed by atoms with Crippen LogP contribution in [0.2, 0.25) is 0 Å². The Kier molecular flexibility index (Phi) is 0.826. The minimum atomic E-state index is 0.305. The molecule has 0 saturated heterocycles. The van der Waals surface area contributed by atoms with Crippen molar-refractivity contribution in [2.75, 3.05) is 0 Å². The molecule has 0 saturated carbocycles. The highest BCUT2D eigenvalue weighted by Crippen LogP contribution is 2.13. The van der Waals surface area contributed by atoms with Gasteiger partial charge in [-0.2, -0.15) is 0 Å². The summed E-state index contributed by atoms with van der Waals surface area (Å²) in [5, 5.41) is 1.10. The van der Waals surface area contributed by atoms with Gasteiger partial charge >= 0.3 is 0 Å². The molecule has 2 nitrogen and oxygen atoms in total. The first kappa shape index (κ1) is 4.50. The zero-order valence-corrected chi connectivity index (χ0v) is 5.68. The first-order chi connectivity index (χ1) is 5.27. The van der Waals surface area contributed by atoms with Gasteiger partial charge in [-0.1, -0.05) is 0 Å². The van der Waals surface area contributed by atoms with Crippen molar-refractivity contribution in [2.45, 2.75) is 6.92 Å². The van der Waals surface area contributed by atoms with Gasteiger partial charge in [0.2, 0.25) is 0 Å². The highest BCUT2D eigenvalue weighted by atomic mass is 14.7. The monoisotopic (exact) mass is 133 g/mol. The largest absolute Gasteiger partial charge is 0.361 e. The lowest BCUT2D eigenvalue weighted by Crippen LogP contribution is -1.70. The van der Waals surface area contributed by atoms with Gasteiger partial charge in [-0.25, -0.2) is 0 Å². The van der Waals surface area contributed by atoms with E-state index < -0.39 is 0 Å². The van der Waals surface area contributed by atoms with Gasteiger partial charge < -0.3 is 4.98 Å². The van der Waals surface area contributed by atoms with Gasteiger partial charge in [0, 0.05) is 29.5 Å². The van der Waals surface area contributed by atoms with Crippen LogP contribution >= 0.6 is 0 Å². The van der Waals surface area contributed by atoms with Gasteiger partial charge in [0.15, 0.2) is 0 Å². The fraction of sp³-hybridized carbons (Fsp3) is 0.125. The number of aromatic nitrogens is 2. The van der Waals surface area contributed by atoms with Crippen LogP contribution in [0.25, 0.3) is 10.9 Å². The quantitative estimate of drug-likeness (QED) is 0.584. The maximum atomic E-state index is 7.26. The molecule has 0 fully saturated rings. The molecule has 0 radical (unpaired) electrons. The van der Waals surface area contributed by atoms with Crippen LogP contribution in [0.15, 0.2) is 24.6 Å². The fourth-order valence-electron chi connectivity index (χ4n) is 1.05. The average molecular weight is 133 g/mol. The second-order valence-electron chi connectivity index (χ2n) is 2.33. The van der Waals surface area contributed by atoms with Crippen LogP contribution in [0, 0.1) is 6.92 Å². The molecule has 0 aliphatic rings. The van der Waals surface area contributed by atoms with Crippen LogP contribution < -0.4 is 0 Å². The summed E-state index contributed by atoms with van der Waals surface area (Å²) in [6.45, 7) is 2.02. The molecule has 2 aromatic rings. The summed E-state index contributed by atoms with van der Waals surface area (Å²) < 4.78 is 7.26. The Morgan fingerprint density at radius 1 is 1.70 bits per heavy atom. The molecular formula is C8H8N2. The lowest BCUT2D eigenvalue weighted by atomic mass is 10.2. The minimum absolute atomic E-state index is 0.305. The number of fused-ring (bicyclic) bond motifs is 1. The Balaban J connectivity index is 2.86. The highest BCUT2D eigenvalue weighted by Gasteiger charge is 1.95. The van der Waals surface area contributed by atoms with Crippen molar-refractivity contribution in [3.8, 4) is 0 Å². The molecule has 0 spiro atoms. The van der Waals surface area contributed by atoms with Crippen LogP contribution in [0.3, 0.4) is 0 Å². The van der Waals surface area contributed by atoms with Crippen LogP contribution in [0.4, 0.5) is 0 Å². The summed E-state index contributed by atoms with van der Waals surface area (Å²) in [7, 11) is 0. The van der Waals surface area contributed by atoms with Crippen molar-refractivity contribution in [3.05, 3.63) is 30.2 Å². The van der Waals surface area contributed by atoms with E-state index >= 15 is 0 Å². The first-order valence-corrected chi connectivity index (χ1v) is 3.18. The lowest BCUT2D eigenvalue weighted by Gasteiger charge is -1.86. The third kappa shape index (κ3) is 0.620. The Bertz CT molecular complexity index is 392. The van der Waals surface area contributed by atoms with Crippen LogP contribution in [0.1, 0.15) is 6.93 Å². The number of hydrogen-bond acceptors (Lipinski definition) is 1. The molecule has 1 N–H and O–H groups in total. The van der Waals surface area contributed by atoms with Gasteiger partial charge in [-0.3, -0.25) is 4.98 Å². The van der Waals surface area contributed by atoms with Gasteiger partial charge in [0.25, 0.3) is 0 Å². The Hall–Kier alpha value is -1.31. The molecule has 0 unspecified atom stereocenters. The first-order valence-electron chi connectivity index (χ1n) is 3.68. The van der Waals surface area contributed by atoms with E-state index in [9.17, 15) is 0 Å². The number of aromatic amines is 1. The number of H-pyrrole nitrogens is 1. The smallest absolute Gasteiger partial charge is 0.0841 e. The van der Waals surface area contributed by atoms with E-state index in [1.165, 1.54) is 5.56 Å². The Labute approximate surface area is 60.3 Å². The molecule has 2 heterocycles. The van der Waals surface area contributed by atoms with Crippen molar-refractivity contribution in [3.63, 3.8) is 0 Å². The van der Waals surface area contributed by atoms with Gasteiger partial charge in [-0.15, -0.1) is 0 Å². The van der Waals surface area contributed by atoms with E-state index in [0.717, 1.165) is 10.9 Å². The number of pyridine rings is 1. The molecule has 2 heteroatoms. The van der Waals surface area contributed by atoms with Crippen LogP contribution in [-0.4, -0.2) is 9.97 Å². The molecule has 2 rings (SSSR count). The number of aryl methyl sites for hydroxylation is 1. The average Bonchev–Trinajstić information content (AvgIpc) is 2.32. The summed E-state index contributed by atoms with van der Waals surface area (Å²) in [5.74, 6) is 0. The summed E-state index contributed by atoms with van der Waals surface area (Å²) in [6, 6.07) is 1.72. The third-order valence-electron chi connectivity index (χ3n) is 1.64. The van der Waals surface area contributed by atoms with Crippen molar-refractivity contribution >= 4 is 10.9 Å². The summed E-state index contributed by atoms with van der Waals surface area (Å²) in [5.41, 5.74) is 2.16. The molecule has 0 aromatic carbocycles. The maximum absolute atomic E-state index is 7.26. The van der Waals surface area contributed by atoms with Crippen molar-refractivity contribution < 1.29 is 1.37 Å². The van der Waals surface area contributed by atoms with Crippen molar-refractivity contribution in [1.29, 1.82) is 0 Å². The van der Waals surface area contributed by atoms with Crippen molar-refractivity contribution in [2.24, 2.45) is 0 Å². The van der Waals surface area contributed by atoms with Gasteiger partial charge in [-0.05, 0) is 18.6 Å². The lowest BCUT2D eigenvalue weighted by molar-refractivity contribution is 1.35. The number of hydrogen-bond donors (Lipinski definition) is 1. The minimum Gasteiger partial charge on any atom is -0.361 e. The maximum Gasteiger partial charge on any atom is 0.0841 e. The molecule has 0 aliphatic carbocycles. The number of rotatable bonds is 0. The second-order valence-corrected chi connectivity index (χ2v) is 2.33. The molecule has 2 aromatic heterocycles.